The van der Waals surface area contributed by atoms with Crippen molar-refractivity contribution in [2.45, 2.75) is 25.7 Å². The number of nitrogens with zero attached hydrogens (tertiary/aromatic N) is 2. The first-order chi connectivity index (χ1) is 8.12. The van der Waals surface area contributed by atoms with Crippen LogP contribution < -0.4 is 5.32 Å². The maximum atomic E-state index is 11.3. The number of hydrogen-bond donors (Lipinski definition) is 2. The number of aliphatic carboxylic acids is 1. The number of halogens is 1. The molecule has 1 fully saturated rings. The zero-order valence-electron chi connectivity index (χ0n) is 9.32. The molecule has 0 atom stereocenters. The number of anilines is 1. The molecule has 2 rings (SSSR count). The lowest BCUT2D eigenvalue weighted by Crippen LogP contribution is -2.35. The number of carbonyl (C=O) groups is 1. The quantitative estimate of drug-likeness (QED) is 0.863. The Hall–Kier alpha value is -1.36. The zero-order chi connectivity index (χ0) is 12.3. The van der Waals surface area contributed by atoms with E-state index in [1.807, 2.05) is 0 Å². The highest BCUT2D eigenvalue weighted by molar-refractivity contribution is 6.29. The Labute approximate surface area is 104 Å². The third-order valence-corrected chi connectivity index (χ3v) is 3.46. The monoisotopic (exact) mass is 255 g/mol. The van der Waals surface area contributed by atoms with Crippen LogP contribution in [0.15, 0.2) is 12.1 Å². The Balaban J connectivity index is 2.00. The zero-order valence-corrected chi connectivity index (χ0v) is 10.1. The molecule has 1 aliphatic carbocycles. The predicted octanol–water partition coefficient (Wildman–Crippen LogP) is 2.19. The lowest BCUT2D eigenvalue weighted by atomic mass is 9.86. The van der Waals surface area contributed by atoms with E-state index in [2.05, 4.69) is 15.5 Å². The van der Waals surface area contributed by atoms with Crippen LogP contribution in [0.2, 0.25) is 5.15 Å². The first-order valence-electron chi connectivity index (χ1n) is 5.59. The van der Waals surface area contributed by atoms with Crippen molar-refractivity contribution in [3.8, 4) is 0 Å². The SMILES string of the molecule is O=C(O)C1(CNc2ccc(Cl)nn2)CCCC1. The van der Waals surface area contributed by atoms with E-state index < -0.39 is 11.4 Å². The van der Waals surface area contributed by atoms with Crippen LogP contribution in [-0.2, 0) is 4.79 Å². The van der Waals surface area contributed by atoms with Crippen molar-refractivity contribution in [1.82, 2.24) is 10.2 Å². The number of hydrogen-bond acceptors (Lipinski definition) is 4. The van der Waals surface area contributed by atoms with Gasteiger partial charge in [0.15, 0.2) is 5.15 Å². The fourth-order valence-electron chi connectivity index (χ4n) is 2.19. The number of carboxylic acid groups (broad SMARTS) is 1. The summed E-state index contributed by atoms with van der Waals surface area (Å²) in [6, 6.07) is 3.32. The van der Waals surface area contributed by atoms with E-state index in [9.17, 15) is 9.90 Å². The van der Waals surface area contributed by atoms with Crippen molar-refractivity contribution in [1.29, 1.82) is 0 Å². The Kier molecular flexibility index (Phi) is 3.47. The highest BCUT2D eigenvalue weighted by Gasteiger charge is 2.41. The van der Waals surface area contributed by atoms with Gasteiger partial charge in [-0.1, -0.05) is 24.4 Å². The summed E-state index contributed by atoms with van der Waals surface area (Å²) >= 11 is 5.62. The van der Waals surface area contributed by atoms with Crippen molar-refractivity contribution in [2.24, 2.45) is 5.41 Å². The number of nitrogens with one attached hydrogen (secondary N) is 1. The highest BCUT2D eigenvalue weighted by atomic mass is 35.5. The molecule has 17 heavy (non-hydrogen) atoms. The van der Waals surface area contributed by atoms with E-state index in [-0.39, 0.29) is 0 Å². The maximum Gasteiger partial charge on any atom is 0.311 e. The summed E-state index contributed by atoms with van der Waals surface area (Å²) in [5, 5.41) is 20.2. The molecule has 92 valence electrons. The van der Waals surface area contributed by atoms with Gasteiger partial charge in [-0.25, -0.2) is 0 Å². The smallest absolute Gasteiger partial charge is 0.311 e. The molecule has 0 spiro atoms. The van der Waals surface area contributed by atoms with Crippen LogP contribution in [0.4, 0.5) is 5.82 Å². The van der Waals surface area contributed by atoms with Crippen LogP contribution in [0, 0.1) is 5.41 Å². The van der Waals surface area contributed by atoms with Gasteiger partial charge in [0, 0.05) is 6.54 Å². The minimum Gasteiger partial charge on any atom is -0.481 e. The van der Waals surface area contributed by atoms with Gasteiger partial charge in [-0.3, -0.25) is 4.79 Å². The van der Waals surface area contributed by atoms with Crippen LogP contribution in [0.5, 0.6) is 0 Å². The number of aromatic nitrogens is 2. The van der Waals surface area contributed by atoms with Gasteiger partial charge in [-0.05, 0) is 25.0 Å². The van der Waals surface area contributed by atoms with Gasteiger partial charge < -0.3 is 10.4 Å². The van der Waals surface area contributed by atoms with Gasteiger partial charge in [-0.2, -0.15) is 0 Å². The van der Waals surface area contributed by atoms with Gasteiger partial charge in [0.25, 0.3) is 0 Å². The van der Waals surface area contributed by atoms with Crippen molar-refractivity contribution in [3.63, 3.8) is 0 Å². The van der Waals surface area contributed by atoms with E-state index in [0.717, 1.165) is 25.7 Å². The predicted molar refractivity (Wildman–Crippen MR) is 64.1 cm³/mol. The summed E-state index contributed by atoms with van der Waals surface area (Å²) in [5.74, 6) is -0.175. The van der Waals surface area contributed by atoms with E-state index in [1.54, 1.807) is 12.1 Å². The molecule has 1 aliphatic rings. The second-order valence-electron chi connectivity index (χ2n) is 4.39. The molecule has 0 saturated heterocycles. The molecular formula is C11H14ClN3O2. The average molecular weight is 256 g/mol. The van der Waals surface area contributed by atoms with Gasteiger partial charge >= 0.3 is 5.97 Å². The first-order valence-corrected chi connectivity index (χ1v) is 5.97. The van der Waals surface area contributed by atoms with E-state index in [0.29, 0.717) is 17.5 Å². The standard InChI is InChI=1S/C11H14ClN3O2/c12-8-3-4-9(15-14-8)13-7-11(10(16)17)5-1-2-6-11/h3-4H,1-2,5-7H2,(H,13,15)(H,16,17). The van der Waals surface area contributed by atoms with Crippen molar-refractivity contribution in [2.75, 3.05) is 11.9 Å². The molecule has 6 heteroatoms. The number of rotatable bonds is 4. The van der Waals surface area contributed by atoms with Crippen LogP contribution >= 0.6 is 11.6 Å². The summed E-state index contributed by atoms with van der Waals surface area (Å²) in [5.41, 5.74) is -0.651. The Morgan fingerprint density at radius 1 is 1.41 bits per heavy atom. The summed E-state index contributed by atoms with van der Waals surface area (Å²) < 4.78 is 0. The molecule has 1 saturated carbocycles. The lowest BCUT2D eigenvalue weighted by molar-refractivity contribution is -0.147. The molecule has 5 nitrogen and oxygen atoms in total. The van der Waals surface area contributed by atoms with Crippen molar-refractivity contribution in [3.05, 3.63) is 17.3 Å². The normalized spacial score (nSPS) is 17.9. The third kappa shape index (κ3) is 2.66. The van der Waals surface area contributed by atoms with Crippen molar-refractivity contribution >= 4 is 23.4 Å². The van der Waals surface area contributed by atoms with Crippen LogP contribution in [0.3, 0.4) is 0 Å². The number of carboxylic acids is 1. The van der Waals surface area contributed by atoms with Crippen LogP contribution in [0.25, 0.3) is 0 Å². The molecule has 0 unspecified atom stereocenters. The Bertz CT molecular complexity index is 402. The molecule has 1 aromatic heterocycles. The van der Waals surface area contributed by atoms with Gasteiger partial charge in [-0.15, -0.1) is 10.2 Å². The maximum absolute atomic E-state index is 11.3. The van der Waals surface area contributed by atoms with Gasteiger partial charge in [0.05, 0.1) is 5.41 Å². The Morgan fingerprint density at radius 3 is 2.65 bits per heavy atom. The molecule has 1 aromatic rings. The molecule has 0 amide bonds. The summed E-state index contributed by atoms with van der Waals surface area (Å²) in [7, 11) is 0. The molecule has 0 aliphatic heterocycles. The van der Waals surface area contributed by atoms with Gasteiger partial charge in [0.1, 0.15) is 5.82 Å². The van der Waals surface area contributed by atoms with E-state index >= 15 is 0 Å². The Morgan fingerprint density at radius 2 is 2.12 bits per heavy atom. The minimum absolute atomic E-state index is 0.323. The molecule has 0 aromatic carbocycles. The van der Waals surface area contributed by atoms with Crippen LogP contribution in [0.1, 0.15) is 25.7 Å². The largest absolute Gasteiger partial charge is 0.481 e. The highest BCUT2D eigenvalue weighted by Crippen LogP contribution is 2.38. The molecule has 0 radical (unpaired) electrons. The molecule has 0 bridgehead atoms. The van der Waals surface area contributed by atoms with E-state index in [1.165, 1.54) is 0 Å². The molecular weight excluding hydrogens is 242 g/mol. The van der Waals surface area contributed by atoms with E-state index in [4.69, 9.17) is 11.6 Å². The summed E-state index contributed by atoms with van der Waals surface area (Å²) in [4.78, 5) is 11.3. The minimum atomic E-state index is -0.732. The van der Waals surface area contributed by atoms with Crippen LogP contribution in [-0.4, -0.2) is 27.8 Å². The average Bonchev–Trinajstić information content (AvgIpc) is 2.78. The topological polar surface area (TPSA) is 75.1 Å². The fourth-order valence-corrected chi connectivity index (χ4v) is 2.29. The van der Waals surface area contributed by atoms with Crippen molar-refractivity contribution < 1.29 is 9.90 Å². The second-order valence-corrected chi connectivity index (χ2v) is 4.77. The fraction of sp³-hybridized carbons (Fsp3) is 0.545. The summed E-state index contributed by atoms with van der Waals surface area (Å²) in [6.07, 6.45) is 3.38. The first kappa shape index (κ1) is 12.1. The third-order valence-electron chi connectivity index (χ3n) is 3.25. The lowest BCUT2D eigenvalue weighted by Gasteiger charge is -2.24. The summed E-state index contributed by atoms with van der Waals surface area (Å²) in [6.45, 7) is 0.388. The molecule has 1 heterocycles. The molecule has 2 N–H and O–H groups in total. The second kappa shape index (κ2) is 4.87. The van der Waals surface area contributed by atoms with Gasteiger partial charge in [0.2, 0.25) is 0 Å².